The smallest absolute Gasteiger partial charge is 0.387 e. The van der Waals surface area contributed by atoms with Gasteiger partial charge in [-0.05, 0) is 37.1 Å². The van der Waals surface area contributed by atoms with Crippen molar-refractivity contribution in [1.29, 1.82) is 0 Å². The lowest BCUT2D eigenvalue weighted by Crippen LogP contribution is -2.56. The molecule has 9 nitrogen and oxygen atoms in total. The predicted octanol–water partition coefficient (Wildman–Crippen LogP) is 4.98. The summed E-state index contributed by atoms with van der Waals surface area (Å²) in [4.78, 5) is 26.6. The van der Waals surface area contributed by atoms with Crippen LogP contribution in [-0.4, -0.2) is 75.4 Å². The summed E-state index contributed by atoms with van der Waals surface area (Å²) < 4.78 is 46.0. The molecule has 0 atom stereocenters. The van der Waals surface area contributed by atoms with E-state index in [0.29, 0.717) is 53.0 Å². The van der Waals surface area contributed by atoms with Crippen LogP contribution in [0, 0.1) is 0 Å². The summed E-state index contributed by atoms with van der Waals surface area (Å²) in [6, 6.07) is 6.28. The second-order valence-electron chi connectivity index (χ2n) is 9.36. The third kappa shape index (κ3) is 5.25. The molecule has 0 radical (unpaired) electrons. The number of thiazole rings is 1. The van der Waals surface area contributed by atoms with Crippen molar-refractivity contribution in [2.24, 2.45) is 0 Å². The number of nitrogens with zero attached hydrogens (tertiary/aromatic N) is 6. The van der Waals surface area contributed by atoms with Crippen LogP contribution in [0.25, 0.3) is 16.9 Å². The number of carbonyl (C=O) groups excluding carboxylic acids is 1. The molecule has 2 aliphatic rings. The Morgan fingerprint density at radius 2 is 2.03 bits per heavy atom. The summed E-state index contributed by atoms with van der Waals surface area (Å²) in [5, 5.41) is 8.30. The number of ether oxygens (including phenoxy) is 1. The van der Waals surface area contributed by atoms with E-state index in [1.54, 1.807) is 18.5 Å². The topological polar surface area (TPSA) is 87.9 Å². The first-order chi connectivity index (χ1) is 18.9. The quantitative estimate of drug-likeness (QED) is 0.331. The first-order valence-corrected chi connectivity index (χ1v) is 13.5. The fraction of sp³-hybridized carbons (Fsp3) is 0.360. The number of benzene rings is 1. The van der Waals surface area contributed by atoms with Crippen molar-refractivity contribution in [1.82, 2.24) is 24.5 Å². The Kier molecular flexibility index (Phi) is 7.04. The maximum atomic E-state index is 13.3. The number of fused-ring (bicyclic) bond motifs is 1. The number of hydrogen-bond donors (Lipinski definition) is 1. The van der Waals surface area contributed by atoms with E-state index in [1.807, 2.05) is 0 Å². The zero-order chi connectivity index (χ0) is 27.1. The number of aromatic nitrogens is 4. The molecule has 0 spiro atoms. The molecular weight excluding hydrogens is 555 g/mol. The lowest BCUT2D eigenvalue weighted by Gasteiger charge is -2.44. The molecule has 4 aromatic rings. The Labute approximate surface area is 230 Å². The maximum Gasteiger partial charge on any atom is 0.387 e. The summed E-state index contributed by atoms with van der Waals surface area (Å²) >= 11 is 7.45. The van der Waals surface area contributed by atoms with Gasteiger partial charge in [-0.25, -0.2) is 18.9 Å². The highest BCUT2D eigenvalue weighted by Gasteiger charge is 2.35. The first-order valence-electron chi connectivity index (χ1n) is 12.3. The number of likely N-dealkylation sites (tertiary alicyclic amines) is 1. The number of anilines is 2. The summed E-state index contributed by atoms with van der Waals surface area (Å²) in [6.45, 7) is -0.737. The van der Waals surface area contributed by atoms with Gasteiger partial charge in [0.2, 0.25) is 0 Å². The van der Waals surface area contributed by atoms with Gasteiger partial charge in [0.25, 0.3) is 5.91 Å². The zero-order valence-corrected chi connectivity index (χ0v) is 22.0. The molecule has 3 aromatic heterocycles. The Morgan fingerprint density at radius 3 is 2.77 bits per heavy atom. The van der Waals surface area contributed by atoms with E-state index in [0.717, 1.165) is 12.8 Å². The molecule has 0 aliphatic carbocycles. The summed E-state index contributed by atoms with van der Waals surface area (Å²) in [7, 11) is 0. The van der Waals surface area contributed by atoms with Gasteiger partial charge in [-0.3, -0.25) is 9.69 Å². The Bertz CT molecular complexity index is 1500. The molecular formula is C25H23ClF3N7O2S. The fourth-order valence-electron chi connectivity index (χ4n) is 4.93. The number of rotatable bonds is 7. The maximum absolute atomic E-state index is 13.3. The number of piperidine rings is 1. The number of nitrogens with one attached hydrogen (secondary N) is 1. The van der Waals surface area contributed by atoms with Gasteiger partial charge in [0.15, 0.2) is 10.8 Å². The van der Waals surface area contributed by atoms with Gasteiger partial charge in [-0.15, -0.1) is 0 Å². The second-order valence-corrected chi connectivity index (χ2v) is 10.8. The highest BCUT2D eigenvalue weighted by molar-refractivity contribution is 7.20. The van der Waals surface area contributed by atoms with Gasteiger partial charge < -0.3 is 15.0 Å². The molecule has 39 heavy (non-hydrogen) atoms. The molecule has 2 fully saturated rings. The van der Waals surface area contributed by atoms with Crippen molar-refractivity contribution >= 4 is 44.6 Å². The summed E-state index contributed by atoms with van der Waals surface area (Å²) in [6.07, 6.45) is 5.57. The van der Waals surface area contributed by atoms with Crippen LogP contribution in [0.2, 0.25) is 5.02 Å². The molecule has 1 amide bonds. The highest BCUT2D eigenvalue weighted by atomic mass is 35.5. The van der Waals surface area contributed by atoms with E-state index in [1.165, 1.54) is 40.2 Å². The summed E-state index contributed by atoms with van der Waals surface area (Å²) in [5.41, 5.74) is 1.10. The van der Waals surface area contributed by atoms with Gasteiger partial charge in [-0.1, -0.05) is 22.9 Å². The van der Waals surface area contributed by atoms with Crippen LogP contribution in [0.5, 0.6) is 5.75 Å². The van der Waals surface area contributed by atoms with Gasteiger partial charge in [0, 0.05) is 55.2 Å². The average molecular weight is 578 g/mol. The van der Waals surface area contributed by atoms with Crippen LogP contribution in [0.4, 0.5) is 23.3 Å². The largest absolute Gasteiger partial charge is 0.434 e. The van der Waals surface area contributed by atoms with E-state index in [9.17, 15) is 18.0 Å². The number of hydrogen-bond acceptors (Lipinski definition) is 8. The SMILES string of the molecule is O=C(Nc1sc(N2CCC(N3CC(F)C3)CC2)nc1-c1cc(Cl)ccc1OC(F)F)c1cnn2cccnc12. The van der Waals surface area contributed by atoms with Crippen LogP contribution in [0.15, 0.2) is 42.9 Å². The standard InChI is InChI=1S/C25H23ClF3N7O2S/c26-14-2-3-19(38-24(28)29)17(10-14)20-23(33-22(37)18-11-31-36-7-1-6-30-21(18)36)39-25(32-20)34-8-4-16(5-9-34)35-12-15(27)13-35/h1-3,6-7,10-11,15-16,24H,4-5,8-9,12-13H2,(H,33,37). The molecule has 0 unspecified atom stereocenters. The second kappa shape index (κ2) is 10.6. The van der Waals surface area contributed by atoms with E-state index < -0.39 is 18.7 Å². The molecule has 2 aliphatic heterocycles. The number of carbonyl (C=O) groups is 1. The lowest BCUT2D eigenvalue weighted by molar-refractivity contribution is -0.0494. The van der Waals surface area contributed by atoms with Gasteiger partial charge >= 0.3 is 6.61 Å². The van der Waals surface area contributed by atoms with Crippen molar-refractivity contribution in [3.8, 4) is 17.0 Å². The van der Waals surface area contributed by atoms with E-state index in [2.05, 4.69) is 25.2 Å². The Balaban J connectivity index is 1.33. The van der Waals surface area contributed by atoms with Gasteiger partial charge in [0.05, 0.1) is 6.20 Å². The van der Waals surface area contributed by atoms with Crippen molar-refractivity contribution < 1.29 is 22.7 Å². The Hall–Kier alpha value is -3.42. The molecule has 1 N–H and O–H groups in total. The van der Waals surface area contributed by atoms with Crippen molar-refractivity contribution in [2.45, 2.75) is 31.7 Å². The van der Waals surface area contributed by atoms with Crippen LogP contribution >= 0.6 is 22.9 Å². The number of halogens is 4. The van der Waals surface area contributed by atoms with Gasteiger partial charge in [-0.2, -0.15) is 13.9 Å². The van der Waals surface area contributed by atoms with Crippen LogP contribution < -0.4 is 15.0 Å². The molecule has 6 rings (SSSR count). The minimum Gasteiger partial charge on any atom is -0.434 e. The highest BCUT2D eigenvalue weighted by Crippen LogP contribution is 2.43. The minimum absolute atomic E-state index is 0.114. The normalized spacial score (nSPS) is 17.1. The molecule has 0 bridgehead atoms. The number of amides is 1. The molecule has 204 valence electrons. The molecule has 1 aromatic carbocycles. The zero-order valence-electron chi connectivity index (χ0n) is 20.4. The van der Waals surface area contributed by atoms with Crippen LogP contribution in [0.1, 0.15) is 23.2 Å². The minimum atomic E-state index is -3.06. The monoisotopic (exact) mass is 577 g/mol. The van der Waals surface area contributed by atoms with Gasteiger partial charge in [0.1, 0.15) is 28.2 Å². The third-order valence-electron chi connectivity index (χ3n) is 6.90. The van der Waals surface area contributed by atoms with E-state index in [-0.39, 0.29) is 22.6 Å². The van der Waals surface area contributed by atoms with E-state index in [4.69, 9.17) is 21.3 Å². The molecule has 5 heterocycles. The average Bonchev–Trinajstić information content (AvgIpc) is 3.52. The summed E-state index contributed by atoms with van der Waals surface area (Å²) in [5.74, 6) is -0.590. The molecule has 14 heteroatoms. The first kappa shape index (κ1) is 25.8. The van der Waals surface area contributed by atoms with Crippen molar-refractivity contribution in [3.63, 3.8) is 0 Å². The lowest BCUT2D eigenvalue weighted by atomic mass is 9.99. The fourth-order valence-corrected chi connectivity index (χ4v) is 6.13. The number of alkyl halides is 3. The van der Waals surface area contributed by atoms with Crippen molar-refractivity contribution in [2.75, 3.05) is 36.4 Å². The molecule has 2 saturated heterocycles. The molecule has 0 saturated carbocycles. The van der Waals surface area contributed by atoms with Crippen molar-refractivity contribution in [3.05, 3.63) is 53.4 Å². The van der Waals surface area contributed by atoms with Crippen LogP contribution in [0.3, 0.4) is 0 Å². The van der Waals surface area contributed by atoms with E-state index >= 15 is 0 Å². The predicted molar refractivity (Wildman–Crippen MR) is 142 cm³/mol. The van der Waals surface area contributed by atoms with Crippen LogP contribution in [-0.2, 0) is 0 Å². The third-order valence-corrected chi connectivity index (χ3v) is 8.16. The Morgan fingerprint density at radius 1 is 1.23 bits per heavy atom.